The van der Waals surface area contributed by atoms with Crippen LogP contribution < -0.4 is 15.0 Å². The summed E-state index contributed by atoms with van der Waals surface area (Å²) in [4.78, 5) is 38.7. The Labute approximate surface area is 208 Å². The number of anilines is 2. The van der Waals surface area contributed by atoms with E-state index >= 15 is 0 Å². The lowest BCUT2D eigenvalue weighted by atomic mass is 10.2. The number of carbonyl (C=O) groups is 3. The third-order valence-corrected chi connectivity index (χ3v) is 5.70. The Morgan fingerprint density at radius 1 is 0.818 bits per heavy atom. The molecule has 1 aliphatic rings. The second kappa shape index (κ2) is 9.45. The SMILES string of the molecule is O=C(Oc1cccc(Cl)c1)c1ccc(NC2=C(Cl)C(=O)N(c3ccc(Cl)cc3Cl)C2=O)cc1. The van der Waals surface area contributed by atoms with E-state index in [2.05, 4.69) is 5.32 Å². The molecule has 0 saturated heterocycles. The molecule has 0 saturated carbocycles. The number of carbonyl (C=O) groups excluding carboxylic acids is 3. The van der Waals surface area contributed by atoms with Crippen LogP contribution in [-0.4, -0.2) is 17.8 Å². The average Bonchev–Trinajstić information content (AvgIpc) is 2.98. The van der Waals surface area contributed by atoms with Crippen molar-refractivity contribution in [1.82, 2.24) is 0 Å². The Bertz CT molecular complexity index is 1320. The highest BCUT2D eigenvalue weighted by molar-refractivity contribution is 6.54. The van der Waals surface area contributed by atoms with Crippen molar-refractivity contribution in [3.63, 3.8) is 0 Å². The third-order valence-electron chi connectivity index (χ3n) is 4.57. The lowest BCUT2D eigenvalue weighted by Crippen LogP contribution is -2.32. The largest absolute Gasteiger partial charge is 0.423 e. The van der Waals surface area contributed by atoms with Gasteiger partial charge < -0.3 is 10.1 Å². The molecule has 0 aliphatic carbocycles. The van der Waals surface area contributed by atoms with Gasteiger partial charge in [0, 0.05) is 15.7 Å². The van der Waals surface area contributed by atoms with E-state index in [1.165, 1.54) is 36.4 Å². The van der Waals surface area contributed by atoms with Crippen LogP contribution in [-0.2, 0) is 9.59 Å². The first-order chi connectivity index (χ1) is 15.7. The van der Waals surface area contributed by atoms with E-state index < -0.39 is 17.8 Å². The van der Waals surface area contributed by atoms with Gasteiger partial charge in [0.1, 0.15) is 16.5 Å². The van der Waals surface area contributed by atoms with Gasteiger partial charge in [0.15, 0.2) is 0 Å². The maximum atomic E-state index is 12.9. The Balaban J connectivity index is 1.50. The molecule has 1 heterocycles. The van der Waals surface area contributed by atoms with Crippen molar-refractivity contribution in [2.24, 2.45) is 0 Å². The van der Waals surface area contributed by atoms with Crippen LogP contribution in [0.3, 0.4) is 0 Å². The second-order valence-electron chi connectivity index (χ2n) is 6.78. The quantitative estimate of drug-likeness (QED) is 0.242. The van der Waals surface area contributed by atoms with Crippen molar-refractivity contribution >= 4 is 75.6 Å². The van der Waals surface area contributed by atoms with Crippen molar-refractivity contribution in [2.75, 3.05) is 10.2 Å². The molecular formula is C23H12Cl4N2O4. The van der Waals surface area contributed by atoms with Crippen molar-refractivity contribution in [2.45, 2.75) is 0 Å². The van der Waals surface area contributed by atoms with Gasteiger partial charge in [-0.05, 0) is 60.7 Å². The fourth-order valence-corrected chi connectivity index (χ4v) is 3.91. The Morgan fingerprint density at radius 3 is 2.18 bits per heavy atom. The molecular weight excluding hydrogens is 510 g/mol. The van der Waals surface area contributed by atoms with Gasteiger partial charge in [0.25, 0.3) is 11.8 Å². The Hall–Kier alpha value is -3.03. The monoisotopic (exact) mass is 520 g/mol. The minimum absolute atomic E-state index is 0.123. The summed E-state index contributed by atoms with van der Waals surface area (Å²) in [5, 5.41) is 3.44. The lowest BCUT2D eigenvalue weighted by molar-refractivity contribution is -0.120. The van der Waals surface area contributed by atoms with Crippen LogP contribution in [0.5, 0.6) is 5.75 Å². The van der Waals surface area contributed by atoms with E-state index in [4.69, 9.17) is 51.1 Å². The number of benzene rings is 3. The zero-order valence-electron chi connectivity index (χ0n) is 16.4. The van der Waals surface area contributed by atoms with Crippen LogP contribution in [0.2, 0.25) is 15.1 Å². The van der Waals surface area contributed by atoms with E-state index in [1.54, 1.807) is 30.3 Å². The molecule has 166 valence electrons. The van der Waals surface area contributed by atoms with Crippen molar-refractivity contribution < 1.29 is 19.1 Å². The molecule has 6 nitrogen and oxygen atoms in total. The second-order valence-corrected chi connectivity index (χ2v) is 8.44. The van der Waals surface area contributed by atoms with Gasteiger partial charge in [-0.1, -0.05) is 52.5 Å². The molecule has 33 heavy (non-hydrogen) atoms. The number of amides is 2. The Kier molecular flexibility index (Phi) is 6.63. The molecule has 0 bridgehead atoms. The maximum Gasteiger partial charge on any atom is 0.343 e. The summed E-state index contributed by atoms with van der Waals surface area (Å²) in [6.07, 6.45) is 0. The van der Waals surface area contributed by atoms with Crippen LogP contribution in [0.25, 0.3) is 0 Å². The highest BCUT2D eigenvalue weighted by Crippen LogP contribution is 2.35. The number of ether oxygens (including phenoxy) is 1. The topological polar surface area (TPSA) is 75.7 Å². The molecule has 0 unspecified atom stereocenters. The number of rotatable bonds is 5. The fraction of sp³-hybridized carbons (Fsp3) is 0. The minimum Gasteiger partial charge on any atom is -0.423 e. The molecule has 0 fully saturated rings. The standard InChI is InChI=1S/C23H12Cl4N2O4/c24-13-2-1-3-16(10-13)33-23(32)12-4-7-15(8-5-12)28-20-19(27)21(30)29(22(20)31)18-9-6-14(25)11-17(18)26/h1-11,28H. The summed E-state index contributed by atoms with van der Waals surface area (Å²) in [7, 11) is 0. The van der Waals surface area contributed by atoms with Crippen molar-refractivity contribution in [1.29, 1.82) is 0 Å². The number of imide groups is 1. The number of halogens is 4. The van der Waals surface area contributed by atoms with Gasteiger partial charge in [-0.2, -0.15) is 0 Å². The molecule has 0 radical (unpaired) electrons. The number of hydrogen-bond acceptors (Lipinski definition) is 5. The third kappa shape index (κ3) is 4.84. The zero-order valence-corrected chi connectivity index (χ0v) is 19.5. The van der Waals surface area contributed by atoms with Crippen LogP contribution >= 0.6 is 46.4 Å². The number of esters is 1. The molecule has 0 spiro atoms. The van der Waals surface area contributed by atoms with E-state index in [9.17, 15) is 14.4 Å². The number of hydrogen-bond donors (Lipinski definition) is 1. The van der Waals surface area contributed by atoms with E-state index in [-0.39, 0.29) is 27.0 Å². The molecule has 0 atom stereocenters. The van der Waals surface area contributed by atoms with Gasteiger partial charge in [0.2, 0.25) is 0 Å². The number of nitrogens with zero attached hydrogens (tertiary/aromatic N) is 1. The molecule has 1 aliphatic heterocycles. The number of nitrogens with one attached hydrogen (secondary N) is 1. The normalized spacial score (nSPS) is 13.5. The first-order valence-corrected chi connectivity index (χ1v) is 10.8. The lowest BCUT2D eigenvalue weighted by Gasteiger charge is -2.16. The van der Waals surface area contributed by atoms with Crippen LogP contribution in [0.1, 0.15) is 10.4 Å². The summed E-state index contributed by atoms with van der Waals surface area (Å²) in [5.74, 6) is -1.69. The van der Waals surface area contributed by atoms with Gasteiger partial charge in [0.05, 0.1) is 16.3 Å². The van der Waals surface area contributed by atoms with Crippen molar-refractivity contribution in [3.05, 3.63) is 98.1 Å². The molecule has 4 rings (SSSR count). The fourth-order valence-electron chi connectivity index (χ4n) is 3.02. The van der Waals surface area contributed by atoms with Crippen LogP contribution in [0, 0.1) is 0 Å². The summed E-state index contributed by atoms with van der Waals surface area (Å²) in [5.41, 5.74) is 0.726. The summed E-state index contributed by atoms with van der Waals surface area (Å²) < 4.78 is 5.28. The van der Waals surface area contributed by atoms with E-state index in [0.29, 0.717) is 21.5 Å². The minimum atomic E-state index is -0.727. The van der Waals surface area contributed by atoms with Gasteiger partial charge in [-0.3, -0.25) is 9.59 Å². The van der Waals surface area contributed by atoms with Gasteiger partial charge in [-0.25, -0.2) is 9.69 Å². The molecule has 2 amide bonds. The first-order valence-electron chi connectivity index (χ1n) is 9.33. The zero-order chi connectivity index (χ0) is 23.7. The van der Waals surface area contributed by atoms with E-state index in [0.717, 1.165) is 4.90 Å². The summed E-state index contributed by atoms with van der Waals surface area (Å²) >= 11 is 24.1. The highest BCUT2D eigenvalue weighted by atomic mass is 35.5. The Morgan fingerprint density at radius 2 is 1.52 bits per heavy atom. The highest BCUT2D eigenvalue weighted by Gasteiger charge is 2.39. The molecule has 3 aromatic carbocycles. The molecule has 0 aromatic heterocycles. The van der Waals surface area contributed by atoms with Crippen LogP contribution in [0.15, 0.2) is 77.5 Å². The van der Waals surface area contributed by atoms with Crippen molar-refractivity contribution in [3.8, 4) is 5.75 Å². The molecule has 1 N–H and O–H groups in total. The molecule has 10 heteroatoms. The average molecular weight is 522 g/mol. The predicted octanol–water partition coefficient (Wildman–Crippen LogP) is 6.30. The first kappa shape index (κ1) is 23.1. The van der Waals surface area contributed by atoms with E-state index in [1.807, 2.05) is 0 Å². The summed E-state index contributed by atoms with van der Waals surface area (Å²) in [6, 6.07) is 16.9. The van der Waals surface area contributed by atoms with Gasteiger partial charge >= 0.3 is 5.97 Å². The summed E-state index contributed by atoms with van der Waals surface area (Å²) in [6.45, 7) is 0. The predicted molar refractivity (Wildman–Crippen MR) is 128 cm³/mol. The molecule has 3 aromatic rings. The maximum absolute atomic E-state index is 12.9. The van der Waals surface area contributed by atoms with Crippen LogP contribution in [0.4, 0.5) is 11.4 Å². The van der Waals surface area contributed by atoms with Gasteiger partial charge in [-0.15, -0.1) is 0 Å². The smallest absolute Gasteiger partial charge is 0.343 e.